The van der Waals surface area contributed by atoms with E-state index in [0.717, 1.165) is 24.3 Å². The van der Waals surface area contributed by atoms with E-state index in [9.17, 15) is 0 Å². The topological polar surface area (TPSA) is 60.6 Å². The summed E-state index contributed by atoms with van der Waals surface area (Å²) in [5.41, 5.74) is 2.29. The van der Waals surface area contributed by atoms with Crippen LogP contribution in [0, 0.1) is 11.8 Å². The van der Waals surface area contributed by atoms with Gasteiger partial charge in [0.25, 0.3) is 0 Å². The third-order valence-corrected chi connectivity index (χ3v) is 6.91. The van der Waals surface area contributed by atoms with Gasteiger partial charge < -0.3 is 18.9 Å². The maximum absolute atomic E-state index is 5.55. The predicted molar refractivity (Wildman–Crippen MR) is 129 cm³/mol. The van der Waals surface area contributed by atoms with E-state index in [4.69, 9.17) is 14.0 Å². The van der Waals surface area contributed by atoms with Gasteiger partial charge in [-0.3, -0.25) is 0 Å². The van der Waals surface area contributed by atoms with Gasteiger partial charge in [-0.05, 0) is 69.0 Å². The zero-order valence-electron chi connectivity index (χ0n) is 20.2. The van der Waals surface area contributed by atoms with Gasteiger partial charge in [0, 0.05) is 18.0 Å². The average Bonchev–Trinajstić information content (AvgIpc) is 3.33. The number of benzene rings is 2. The van der Waals surface area contributed by atoms with E-state index < -0.39 is 0 Å². The molecule has 4 rings (SSSR count). The van der Waals surface area contributed by atoms with E-state index in [0.29, 0.717) is 35.2 Å². The van der Waals surface area contributed by atoms with Crippen LogP contribution in [-0.2, 0) is 6.42 Å². The molecule has 6 heteroatoms. The number of aromatic nitrogens is 2. The minimum absolute atomic E-state index is 0.493. The molecule has 1 atom stereocenters. The third-order valence-electron chi connectivity index (χ3n) is 6.91. The quantitative estimate of drug-likeness (QED) is 0.412. The standard InChI is InChI=1S/C27H35N3O3/c1-30(2)26(20-8-6-5-7-9-20)21-13-10-19(11-14-21)12-17-25-28-27(29-33-25)22-15-16-23(31-3)24(18-22)32-4/h5-9,15-16,18-19,21,26H,10-14,17H2,1-4H3. The van der Waals surface area contributed by atoms with Gasteiger partial charge in [-0.15, -0.1) is 0 Å². The Kier molecular flexibility index (Phi) is 7.65. The molecule has 0 spiro atoms. The number of hydrogen-bond acceptors (Lipinski definition) is 6. The molecule has 0 radical (unpaired) electrons. The zero-order valence-corrected chi connectivity index (χ0v) is 20.2. The maximum Gasteiger partial charge on any atom is 0.226 e. The van der Waals surface area contributed by atoms with Crippen molar-refractivity contribution >= 4 is 0 Å². The van der Waals surface area contributed by atoms with Gasteiger partial charge in [-0.1, -0.05) is 48.3 Å². The Morgan fingerprint density at radius 1 is 0.970 bits per heavy atom. The van der Waals surface area contributed by atoms with Crippen LogP contribution in [0.3, 0.4) is 0 Å². The SMILES string of the molecule is COc1ccc(-c2noc(CCC3CCC(C(c4ccccc4)N(C)C)CC3)n2)cc1OC. The molecule has 1 fully saturated rings. The highest BCUT2D eigenvalue weighted by Crippen LogP contribution is 2.40. The van der Waals surface area contributed by atoms with Crippen molar-refractivity contribution in [3.8, 4) is 22.9 Å². The Labute approximate surface area is 196 Å². The fourth-order valence-electron chi connectivity index (χ4n) is 5.21. The van der Waals surface area contributed by atoms with E-state index in [1.165, 1.54) is 31.2 Å². The number of hydrogen-bond donors (Lipinski definition) is 0. The molecule has 0 bridgehead atoms. The third kappa shape index (κ3) is 5.56. The maximum atomic E-state index is 5.55. The van der Waals surface area contributed by atoms with Crippen LogP contribution >= 0.6 is 0 Å². The van der Waals surface area contributed by atoms with Crippen LogP contribution in [-0.4, -0.2) is 43.4 Å². The molecule has 33 heavy (non-hydrogen) atoms. The van der Waals surface area contributed by atoms with Crippen molar-refractivity contribution in [3.05, 3.63) is 60.0 Å². The lowest BCUT2D eigenvalue weighted by molar-refractivity contribution is 0.145. The van der Waals surface area contributed by atoms with Gasteiger partial charge in [-0.2, -0.15) is 4.98 Å². The summed E-state index contributed by atoms with van der Waals surface area (Å²) in [5, 5.41) is 4.18. The highest BCUT2D eigenvalue weighted by molar-refractivity contribution is 5.60. The molecule has 0 saturated heterocycles. The zero-order chi connectivity index (χ0) is 23.2. The first kappa shape index (κ1) is 23.3. The van der Waals surface area contributed by atoms with Crippen molar-refractivity contribution in [2.24, 2.45) is 11.8 Å². The molecule has 1 unspecified atom stereocenters. The predicted octanol–water partition coefficient (Wildman–Crippen LogP) is 5.80. The van der Waals surface area contributed by atoms with Crippen molar-refractivity contribution in [1.29, 1.82) is 0 Å². The fraction of sp³-hybridized carbons (Fsp3) is 0.481. The second-order valence-electron chi connectivity index (χ2n) is 9.22. The largest absolute Gasteiger partial charge is 0.493 e. The van der Waals surface area contributed by atoms with Gasteiger partial charge in [-0.25, -0.2) is 0 Å². The molecule has 0 amide bonds. The molecule has 3 aromatic rings. The molecular weight excluding hydrogens is 414 g/mol. The monoisotopic (exact) mass is 449 g/mol. The van der Waals surface area contributed by atoms with Crippen LogP contribution in [0.2, 0.25) is 0 Å². The molecule has 1 aliphatic rings. The molecule has 6 nitrogen and oxygen atoms in total. The van der Waals surface area contributed by atoms with Crippen LogP contribution in [0.1, 0.15) is 49.6 Å². The Hall–Kier alpha value is -2.86. The second kappa shape index (κ2) is 10.8. The smallest absolute Gasteiger partial charge is 0.226 e. The molecule has 0 N–H and O–H groups in total. The lowest BCUT2D eigenvalue weighted by atomic mass is 9.75. The fourth-order valence-corrected chi connectivity index (χ4v) is 5.21. The van der Waals surface area contributed by atoms with Crippen molar-refractivity contribution < 1.29 is 14.0 Å². The first-order chi connectivity index (χ1) is 16.1. The highest BCUT2D eigenvalue weighted by atomic mass is 16.5. The molecule has 176 valence electrons. The summed E-state index contributed by atoms with van der Waals surface area (Å²) in [6.45, 7) is 0. The number of aryl methyl sites for hydroxylation is 1. The van der Waals surface area contributed by atoms with Gasteiger partial charge in [0.05, 0.1) is 14.2 Å². The number of methoxy groups -OCH3 is 2. The summed E-state index contributed by atoms with van der Waals surface area (Å²) < 4.78 is 16.2. The summed E-state index contributed by atoms with van der Waals surface area (Å²) >= 11 is 0. The molecule has 2 aromatic carbocycles. The van der Waals surface area contributed by atoms with Gasteiger partial charge in [0.2, 0.25) is 11.7 Å². The Morgan fingerprint density at radius 2 is 1.70 bits per heavy atom. The summed E-state index contributed by atoms with van der Waals surface area (Å²) in [4.78, 5) is 7.00. The lowest BCUT2D eigenvalue weighted by Crippen LogP contribution is -2.30. The summed E-state index contributed by atoms with van der Waals surface area (Å²) in [7, 11) is 7.66. The van der Waals surface area contributed by atoms with Crippen molar-refractivity contribution in [2.75, 3.05) is 28.3 Å². The van der Waals surface area contributed by atoms with Crippen LogP contribution in [0.15, 0.2) is 53.1 Å². The minimum atomic E-state index is 0.493. The van der Waals surface area contributed by atoms with E-state index in [-0.39, 0.29) is 0 Å². The number of ether oxygens (including phenoxy) is 2. The second-order valence-corrected chi connectivity index (χ2v) is 9.22. The van der Waals surface area contributed by atoms with Gasteiger partial charge in [0.1, 0.15) is 0 Å². The lowest BCUT2D eigenvalue weighted by Gasteiger charge is -2.37. The Morgan fingerprint density at radius 3 is 2.36 bits per heavy atom. The van der Waals surface area contributed by atoms with Gasteiger partial charge >= 0.3 is 0 Å². The molecule has 1 saturated carbocycles. The highest BCUT2D eigenvalue weighted by Gasteiger charge is 2.30. The Balaban J connectivity index is 1.31. The summed E-state index contributed by atoms with van der Waals surface area (Å²) in [6.07, 6.45) is 6.98. The van der Waals surface area contributed by atoms with Crippen LogP contribution in [0.5, 0.6) is 11.5 Å². The van der Waals surface area contributed by atoms with E-state index in [1.807, 2.05) is 18.2 Å². The van der Waals surface area contributed by atoms with Crippen LogP contribution in [0.4, 0.5) is 0 Å². The molecule has 0 aliphatic heterocycles. The van der Waals surface area contributed by atoms with Crippen LogP contribution < -0.4 is 9.47 Å². The Bertz CT molecular complexity index is 1010. The minimum Gasteiger partial charge on any atom is -0.493 e. The first-order valence-electron chi connectivity index (χ1n) is 11.9. The van der Waals surface area contributed by atoms with E-state index >= 15 is 0 Å². The molecule has 1 aliphatic carbocycles. The summed E-state index contributed by atoms with van der Waals surface area (Å²) in [5.74, 6) is 4.06. The van der Waals surface area contributed by atoms with Crippen LogP contribution in [0.25, 0.3) is 11.4 Å². The van der Waals surface area contributed by atoms with E-state index in [1.54, 1.807) is 14.2 Å². The van der Waals surface area contributed by atoms with Crippen molar-refractivity contribution in [3.63, 3.8) is 0 Å². The first-order valence-corrected chi connectivity index (χ1v) is 11.9. The normalized spacial score (nSPS) is 19.4. The van der Waals surface area contributed by atoms with Crippen molar-refractivity contribution in [1.82, 2.24) is 15.0 Å². The van der Waals surface area contributed by atoms with E-state index in [2.05, 4.69) is 59.5 Å². The summed E-state index contributed by atoms with van der Waals surface area (Å²) in [6, 6.07) is 17.1. The number of rotatable bonds is 9. The average molecular weight is 450 g/mol. The molecule has 1 heterocycles. The molecule has 1 aromatic heterocycles. The number of nitrogens with zero attached hydrogens (tertiary/aromatic N) is 3. The molecular formula is C27H35N3O3. The van der Waals surface area contributed by atoms with Gasteiger partial charge in [0.15, 0.2) is 11.5 Å². The van der Waals surface area contributed by atoms with Crippen molar-refractivity contribution in [2.45, 2.75) is 44.6 Å².